The van der Waals surface area contributed by atoms with Crippen LogP contribution in [0.2, 0.25) is 0 Å². The fraction of sp³-hybridized carbons (Fsp3) is 0.760. The Labute approximate surface area is 200 Å². The second-order valence-electron chi connectivity index (χ2n) is 8.17. The number of halogens is 5. The lowest BCUT2D eigenvalue weighted by molar-refractivity contribution is -0.403. The van der Waals surface area contributed by atoms with Crippen LogP contribution in [0.3, 0.4) is 0 Å². The van der Waals surface area contributed by atoms with Gasteiger partial charge in [-0.3, -0.25) is 0 Å². The number of ether oxygens (including phenoxy) is 3. The van der Waals surface area contributed by atoms with E-state index in [1.165, 1.54) is 19.3 Å². The van der Waals surface area contributed by atoms with Crippen LogP contribution in [0.1, 0.15) is 85.5 Å². The van der Waals surface area contributed by atoms with Crippen LogP contribution >= 0.6 is 0 Å². The lowest BCUT2D eigenvalue weighted by Crippen LogP contribution is -2.47. The first-order valence-electron chi connectivity index (χ1n) is 12.5. The topological polar surface area (TPSA) is 39.7 Å². The van der Waals surface area contributed by atoms with E-state index in [9.17, 15) is 22.0 Å². The molecule has 0 aliphatic carbocycles. The number of hydrogen-bond donors (Lipinski definition) is 1. The van der Waals surface area contributed by atoms with Gasteiger partial charge >= 0.3 is 0 Å². The van der Waals surface area contributed by atoms with E-state index in [-0.39, 0.29) is 12.5 Å². The highest BCUT2D eigenvalue weighted by molar-refractivity contribution is 5.47. The van der Waals surface area contributed by atoms with Gasteiger partial charge in [-0.1, -0.05) is 45.4 Å². The maximum absolute atomic E-state index is 13.9. The molecule has 0 bridgehead atoms. The molecule has 9 heteroatoms. The average Bonchev–Trinajstić information content (AvgIpc) is 2.82. The molecule has 1 rings (SSSR count). The molecule has 34 heavy (non-hydrogen) atoms. The van der Waals surface area contributed by atoms with Gasteiger partial charge in [-0.05, 0) is 40.0 Å². The predicted molar refractivity (Wildman–Crippen MR) is 123 cm³/mol. The third kappa shape index (κ3) is 8.64. The summed E-state index contributed by atoms with van der Waals surface area (Å²) in [5.74, 6) is -11.3. The maximum atomic E-state index is 13.9. The summed E-state index contributed by atoms with van der Waals surface area (Å²) in [6.45, 7) is 8.82. The lowest BCUT2D eigenvalue weighted by Gasteiger charge is -2.39. The molecule has 0 saturated heterocycles. The Morgan fingerprint density at radius 3 is 1.56 bits per heavy atom. The Kier molecular flexibility index (Phi) is 14.6. The summed E-state index contributed by atoms with van der Waals surface area (Å²) in [6.07, 6.45) is 8.33. The monoisotopic (exact) mass is 497 g/mol. The van der Waals surface area contributed by atoms with Crippen LogP contribution in [-0.4, -0.2) is 32.3 Å². The van der Waals surface area contributed by atoms with Gasteiger partial charge < -0.3 is 19.5 Å². The van der Waals surface area contributed by atoms with Gasteiger partial charge in [0.15, 0.2) is 23.3 Å². The van der Waals surface area contributed by atoms with Gasteiger partial charge in [0.25, 0.3) is 5.97 Å². The summed E-state index contributed by atoms with van der Waals surface area (Å²) >= 11 is 0. The van der Waals surface area contributed by atoms with E-state index in [0.29, 0.717) is 32.7 Å². The van der Waals surface area contributed by atoms with E-state index >= 15 is 0 Å². The van der Waals surface area contributed by atoms with Crippen molar-refractivity contribution in [3.63, 3.8) is 0 Å². The normalized spacial score (nSPS) is 12.9. The van der Waals surface area contributed by atoms with Crippen molar-refractivity contribution >= 4 is 5.69 Å². The number of benzene rings is 1. The molecule has 0 aliphatic heterocycles. The Morgan fingerprint density at radius 2 is 1.06 bits per heavy atom. The molecular weight excluding hydrogens is 457 g/mol. The molecule has 198 valence electrons. The Bertz CT molecular complexity index is 674. The molecule has 0 saturated carbocycles. The minimum Gasteiger partial charge on any atom is -0.380 e. The van der Waals surface area contributed by atoms with Gasteiger partial charge in [-0.15, -0.1) is 0 Å². The van der Waals surface area contributed by atoms with Crippen LogP contribution in [0.5, 0.6) is 0 Å². The van der Waals surface area contributed by atoms with Crippen LogP contribution in [0.25, 0.3) is 0 Å². The summed E-state index contributed by atoms with van der Waals surface area (Å²) in [5.41, 5.74) is -1.02. The first kappa shape index (κ1) is 30.6. The van der Waals surface area contributed by atoms with Crippen molar-refractivity contribution in [2.45, 2.75) is 91.5 Å². The molecule has 0 aromatic heterocycles. The first-order chi connectivity index (χ1) is 16.3. The summed E-state index contributed by atoms with van der Waals surface area (Å²) in [6, 6.07) is 0. The quantitative estimate of drug-likeness (QED) is 0.0699. The average molecular weight is 498 g/mol. The third-order valence-electron chi connectivity index (χ3n) is 5.68. The van der Waals surface area contributed by atoms with Gasteiger partial charge in [-0.25, -0.2) is 22.0 Å². The van der Waals surface area contributed by atoms with E-state index in [1.54, 1.807) is 0 Å². The van der Waals surface area contributed by atoms with Gasteiger partial charge in [0, 0.05) is 32.3 Å². The van der Waals surface area contributed by atoms with Crippen LogP contribution in [0.4, 0.5) is 27.6 Å². The maximum Gasteiger partial charge on any atom is 0.285 e. The van der Waals surface area contributed by atoms with Crippen LogP contribution in [0.15, 0.2) is 0 Å². The van der Waals surface area contributed by atoms with Crippen molar-refractivity contribution in [3.8, 4) is 0 Å². The predicted octanol–water partition coefficient (Wildman–Crippen LogP) is 7.70. The van der Waals surface area contributed by atoms with Gasteiger partial charge in [-0.2, -0.15) is 0 Å². The Morgan fingerprint density at radius 1 is 0.618 bits per heavy atom. The highest BCUT2D eigenvalue weighted by Crippen LogP contribution is 2.34. The summed E-state index contributed by atoms with van der Waals surface area (Å²) in [5, 5.41) is 2.36. The minimum atomic E-state index is -2.17. The zero-order chi connectivity index (χ0) is 25.6. The van der Waals surface area contributed by atoms with Crippen LogP contribution in [0, 0.1) is 35.0 Å². The van der Waals surface area contributed by atoms with E-state index in [2.05, 4.69) is 12.2 Å². The molecule has 0 spiro atoms. The zero-order valence-corrected chi connectivity index (χ0v) is 20.9. The van der Waals surface area contributed by atoms with Crippen molar-refractivity contribution in [1.29, 1.82) is 0 Å². The summed E-state index contributed by atoms with van der Waals surface area (Å²) < 4.78 is 85.8. The zero-order valence-electron chi connectivity index (χ0n) is 20.9. The molecular formula is C25H40F5NO3. The van der Waals surface area contributed by atoms with Crippen molar-refractivity contribution in [1.82, 2.24) is 0 Å². The molecule has 0 amide bonds. The SMILES string of the molecule is CCCCCCCCC(CCCNc1c(F)c(F)c(F)c(F)c1F)C(OCC)(OCC)OCC. The van der Waals surface area contributed by atoms with E-state index in [1.807, 2.05) is 20.8 Å². The smallest absolute Gasteiger partial charge is 0.285 e. The molecule has 1 aromatic rings. The number of anilines is 1. The van der Waals surface area contributed by atoms with Crippen molar-refractivity contribution in [2.24, 2.45) is 5.92 Å². The molecule has 0 heterocycles. The Hall–Kier alpha value is -1.45. The summed E-state index contributed by atoms with van der Waals surface area (Å²) in [4.78, 5) is 0. The third-order valence-corrected chi connectivity index (χ3v) is 5.68. The van der Waals surface area contributed by atoms with Crippen LogP contribution in [-0.2, 0) is 14.2 Å². The van der Waals surface area contributed by atoms with Crippen molar-refractivity contribution < 1.29 is 36.2 Å². The van der Waals surface area contributed by atoms with Gasteiger partial charge in [0.05, 0.1) is 0 Å². The molecule has 4 nitrogen and oxygen atoms in total. The van der Waals surface area contributed by atoms with Crippen molar-refractivity contribution in [2.75, 3.05) is 31.7 Å². The second-order valence-corrected chi connectivity index (χ2v) is 8.17. The molecule has 0 radical (unpaired) electrons. The number of nitrogens with one attached hydrogen (secondary N) is 1. The molecule has 0 aliphatic rings. The fourth-order valence-electron chi connectivity index (χ4n) is 4.07. The van der Waals surface area contributed by atoms with Gasteiger partial charge in [0.1, 0.15) is 5.69 Å². The fourth-order valence-corrected chi connectivity index (χ4v) is 4.07. The highest BCUT2D eigenvalue weighted by Gasteiger charge is 2.41. The molecule has 1 atom stereocenters. The standard InChI is InChI=1S/C25H40F5NO3/c1-5-9-10-11-12-13-15-18(25(32-6-2,33-7-3)34-8-4)16-14-17-31-24-22(29)20(27)19(26)21(28)23(24)30/h18,31H,5-17H2,1-4H3. The number of hydrogen-bond acceptors (Lipinski definition) is 4. The molecule has 0 fully saturated rings. The number of rotatable bonds is 19. The summed E-state index contributed by atoms with van der Waals surface area (Å²) in [7, 11) is 0. The van der Waals surface area contributed by atoms with E-state index in [0.717, 1.165) is 25.7 Å². The van der Waals surface area contributed by atoms with Crippen molar-refractivity contribution in [3.05, 3.63) is 29.1 Å². The van der Waals surface area contributed by atoms with Crippen LogP contribution < -0.4 is 5.32 Å². The largest absolute Gasteiger partial charge is 0.380 e. The Balaban J connectivity index is 2.88. The molecule has 1 N–H and O–H groups in total. The molecule has 1 unspecified atom stereocenters. The van der Waals surface area contributed by atoms with Gasteiger partial charge in [0.2, 0.25) is 5.82 Å². The molecule has 1 aromatic carbocycles. The number of unbranched alkanes of at least 4 members (excludes halogenated alkanes) is 5. The first-order valence-corrected chi connectivity index (χ1v) is 12.5. The minimum absolute atomic E-state index is 0.00576. The highest BCUT2D eigenvalue weighted by atomic mass is 19.2. The van der Waals surface area contributed by atoms with E-state index in [4.69, 9.17) is 14.2 Å². The second kappa shape index (κ2) is 16.3. The van der Waals surface area contributed by atoms with E-state index < -0.39 is 40.7 Å². The lowest BCUT2D eigenvalue weighted by atomic mass is 9.92.